The molecule has 0 aliphatic heterocycles. The van der Waals surface area contributed by atoms with Gasteiger partial charge in [-0.05, 0) is 38.6 Å². The number of ether oxygens (including phenoxy) is 1. The zero-order chi connectivity index (χ0) is 15.4. The largest absolute Gasteiger partial charge is 0.461 e. The molecule has 1 aromatic heterocycles. The van der Waals surface area contributed by atoms with Crippen LogP contribution in [0.2, 0.25) is 0 Å². The first-order chi connectivity index (χ1) is 10.1. The van der Waals surface area contributed by atoms with Gasteiger partial charge in [-0.2, -0.15) is 0 Å². The number of H-pyrrole nitrogens is 1. The molecule has 21 heavy (non-hydrogen) atoms. The molecule has 0 bridgehead atoms. The highest BCUT2D eigenvalue weighted by atomic mass is 35.5. The lowest BCUT2D eigenvalue weighted by atomic mass is 10.1. The van der Waals surface area contributed by atoms with E-state index < -0.39 is 0 Å². The zero-order valence-corrected chi connectivity index (χ0v) is 13.5. The Hall–Kier alpha value is -1.52. The van der Waals surface area contributed by atoms with Gasteiger partial charge in [0.2, 0.25) is 0 Å². The third-order valence-corrected chi connectivity index (χ3v) is 3.75. The standard InChI is InChI=1S/C16H21ClN2O2/c1-4-21-16(20)15-13(8-9-19(2)3)12-7-5-6-11(10-17)14(12)18-15/h5-7,18H,4,8-10H2,1-3H3. The predicted octanol–water partition coefficient (Wildman–Crippen LogP) is 3.19. The van der Waals surface area contributed by atoms with Crippen LogP contribution < -0.4 is 0 Å². The number of hydrogen-bond acceptors (Lipinski definition) is 3. The van der Waals surface area contributed by atoms with Crippen LogP contribution in [0.3, 0.4) is 0 Å². The smallest absolute Gasteiger partial charge is 0.355 e. The number of aromatic nitrogens is 1. The van der Waals surface area contributed by atoms with Crippen molar-refractivity contribution in [2.24, 2.45) is 0 Å². The van der Waals surface area contributed by atoms with E-state index in [1.54, 1.807) is 0 Å². The van der Waals surface area contributed by atoms with E-state index in [2.05, 4.69) is 9.88 Å². The average molecular weight is 309 g/mol. The van der Waals surface area contributed by atoms with Crippen molar-refractivity contribution < 1.29 is 9.53 Å². The fourth-order valence-corrected chi connectivity index (χ4v) is 2.64. The van der Waals surface area contributed by atoms with Crippen molar-refractivity contribution in [3.05, 3.63) is 35.0 Å². The summed E-state index contributed by atoms with van der Waals surface area (Å²) in [5, 5.41) is 1.05. The van der Waals surface area contributed by atoms with Crippen LogP contribution in [0, 0.1) is 0 Å². The molecule has 114 valence electrons. The average Bonchev–Trinajstić information content (AvgIpc) is 2.83. The molecule has 0 radical (unpaired) electrons. The molecule has 0 spiro atoms. The summed E-state index contributed by atoms with van der Waals surface area (Å²) >= 11 is 5.99. The number of benzene rings is 1. The maximum Gasteiger partial charge on any atom is 0.355 e. The Morgan fingerprint density at radius 2 is 2.14 bits per heavy atom. The summed E-state index contributed by atoms with van der Waals surface area (Å²) in [4.78, 5) is 17.5. The summed E-state index contributed by atoms with van der Waals surface area (Å²) in [5.41, 5.74) is 3.48. The van der Waals surface area contributed by atoms with Gasteiger partial charge in [0.15, 0.2) is 0 Å². The molecular formula is C16H21ClN2O2. The number of carbonyl (C=O) groups is 1. The van der Waals surface area contributed by atoms with E-state index in [0.717, 1.165) is 35.0 Å². The molecule has 0 aliphatic rings. The molecule has 1 heterocycles. The van der Waals surface area contributed by atoms with Crippen molar-refractivity contribution in [2.75, 3.05) is 27.2 Å². The molecule has 0 aliphatic carbocycles. The Morgan fingerprint density at radius 3 is 2.76 bits per heavy atom. The summed E-state index contributed by atoms with van der Waals surface area (Å²) in [6, 6.07) is 5.97. The maximum atomic E-state index is 12.2. The zero-order valence-electron chi connectivity index (χ0n) is 12.7. The van der Waals surface area contributed by atoms with Crippen LogP contribution in [-0.2, 0) is 17.0 Å². The number of rotatable bonds is 6. The molecule has 0 atom stereocenters. The van der Waals surface area contributed by atoms with Gasteiger partial charge in [-0.25, -0.2) is 4.79 Å². The van der Waals surface area contributed by atoms with Gasteiger partial charge in [0.1, 0.15) is 5.69 Å². The summed E-state index contributed by atoms with van der Waals surface area (Å²) in [6.07, 6.45) is 0.785. The molecule has 2 rings (SSSR count). The van der Waals surface area contributed by atoms with Crippen molar-refractivity contribution in [2.45, 2.75) is 19.2 Å². The molecule has 0 unspecified atom stereocenters. The number of esters is 1. The minimum absolute atomic E-state index is 0.303. The first kappa shape index (κ1) is 15.9. The monoisotopic (exact) mass is 308 g/mol. The van der Waals surface area contributed by atoms with E-state index in [4.69, 9.17) is 16.3 Å². The number of nitrogens with one attached hydrogen (secondary N) is 1. The molecule has 0 saturated carbocycles. The molecule has 0 amide bonds. The van der Waals surface area contributed by atoms with Crippen LogP contribution in [0.15, 0.2) is 18.2 Å². The van der Waals surface area contributed by atoms with Gasteiger partial charge in [0.25, 0.3) is 0 Å². The number of likely N-dealkylation sites (N-methyl/N-ethyl adjacent to an activating group) is 1. The summed E-state index contributed by atoms with van der Waals surface area (Å²) in [7, 11) is 4.03. The third-order valence-electron chi connectivity index (χ3n) is 3.46. The molecule has 1 N–H and O–H groups in total. The number of fused-ring (bicyclic) bond motifs is 1. The van der Waals surface area contributed by atoms with Crippen LogP contribution in [0.1, 0.15) is 28.5 Å². The Kier molecular flexibility index (Phi) is 5.26. The Labute approximate surface area is 130 Å². The Morgan fingerprint density at radius 1 is 1.38 bits per heavy atom. The van der Waals surface area contributed by atoms with E-state index in [-0.39, 0.29) is 5.97 Å². The number of aromatic amines is 1. The summed E-state index contributed by atoms with van der Waals surface area (Å²) in [6.45, 7) is 3.04. The van der Waals surface area contributed by atoms with Gasteiger partial charge in [-0.15, -0.1) is 11.6 Å². The van der Waals surface area contributed by atoms with Gasteiger partial charge < -0.3 is 14.6 Å². The van der Waals surface area contributed by atoms with Crippen molar-refractivity contribution in [3.8, 4) is 0 Å². The summed E-state index contributed by atoms with van der Waals surface area (Å²) in [5.74, 6) is 0.107. The van der Waals surface area contributed by atoms with Crippen LogP contribution in [0.4, 0.5) is 0 Å². The lowest BCUT2D eigenvalue weighted by molar-refractivity contribution is 0.0519. The normalized spacial score (nSPS) is 11.3. The maximum absolute atomic E-state index is 12.2. The van der Waals surface area contributed by atoms with Crippen molar-refractivity contribution >= 4 is 28.5 Å². The van der Waals surface area contributed by atoms with Gasteiger partial charge >= 0.3 is 5.97 Å². The SMILES string of the molecule is CCOC(=O)c1[nH]c2c(CCl)cccc2c1CCN(C)C. The molecule has 1 aromatic carbocycles. The number of halogens is 1. The number of carbonyl (C=O) groups excluding carboxylic acids is 1. The lowest BCUT2D eigenvalue weighted by Crippen LogP contribution is -2.17. The molecular weight excluding hydrogens is 288 g/mol. The highest BCUT2D eigenvalue weighted by Gasteiger charge is 2.19. The van der Waals surface area contributed by atoms with Crippen molar-refractivity contribution in [1.82, 2.24) is 9.88 Å². The van der Waals surface area contributed by atoms with Crippen LogP contribution in [0.25, 0.3) is 10.9 Å². The second kappa shape index (κ2) is 6.96. The van der Waals surface area contributed by atoms with Gasteiger partial charge in [0.05, 0.1) is 12.1 Å². The number of hydrogen-bond donors (Lipinski definition) is 1. The number of alkyl halides is 1. The van der Waals surface area contributed by atoms with E-state index in [9.17, 15) is 4.79 Å². The molecule has 0 saturated heterocycles. The lowest BCUT2D eigenvalue weighted by Gasteiger charge is -2.10. The molecule has 5 heteroatoms. The van der Waals surface area contributed by atoms with Crippen LogP contribution in [0.5, 0.6) is 0 Å². The minimum atomic E-state index is -0.303. The molecule has 0 fully saturated rings. The van der Waals surface area contributed by atoms with Gasteiger partial charge in [-0.1, -0.05) is 18.2 Å². The van der Waals surface area contributed by atoms with E-state index in [0.29, 0.717) is 18.2 Å². The fraction of sp³-hybridized carbons (Fsp3) is 0.438. The summed E-state index contributed by atoms with van der Waals surface area (Å²) < 4.78 is 5.16. The van der Waals surface area contributed by atoms with Gasteiger partial charge in [-0.3, -0.25) is 0 Å². The van der Waals surface area contributed by atoms with Crippen LogP contribution in [-0.4, -0.2) is 43.1 Å². The van der Waals surface area contributed by atoms with E-state index >= 15 is 0 Å². The molecule has 4 nitrogen and oxygen atoms in total. The quantitative estimate of drug-likeness (QED) is 0.658. The van der Waals surface area contributed by atoms with E-state index in [1.807, 2.05) is 39.2 Å². The minimum Gasteiger partial charge on any atom is -0.461 e. The third kappa shape index (κ3) is 3.39. The van der Waals surface area contributed by atoms with Gasteiger partial charge in [0, 0.05) is 17.8 Å². The topological polar surface area (TPSA) is 45.3 Å². The second-order valence-corrected chi connectivity index (χ2v) is 5.49. The van der Waals surface area contributed by atoms with Crippen LogP contribution >= 0.6 is 11.6 Å². The predicted molar refractivity (Wildman–Crippen MR) is 86.1 cm³/mol. The fourth-order valence-electron chi connectivity index (χ4n) is 2.42. The molecule has 2 aromatic rings. The number of nitrogens with zero attached hydrogens (tertiary/aromatic N) is 1. The first-order valence-electron chi connectivity index (χ1n) is 7.08. The highest BCUT2D eigenvalue weighted by Crippen LogP contribution is 2.27. The van der Waals surface area contributed by atoms with Crippen molar-refractivity contribution in [1.29, 1.82) is 0 Å². The van der Waals surface area contributed by atoms with E-state index in [1.165, 1.54) is 0 Å². The van der Waals surface area contributed by atoms with Crippen molar-refractivity contribution in [3.63, 3.8) is 0 Å². The Balaban J connectivity index is 2.53. The Bertz CT molecular complexity index is 634. The second-order valence-electron chi connectivity index (χ2n) is 5.23. The number of para-hydroxylation sites is 1. The first-order valence-corrected chi connectivity index (χ1v) is 7.62. The highest BCUT2D eigenvalue weighted by molar-refractivity contribution is 6.18.